The van der Waals surface area contributed by atoms with Crippen molar-refractivity contribution in [3.05, 3.63) is 29.8 Å². The van der Waals surface area contributed by atoms with Gasteiger partial charge in [-0.25, -0.2) is 0 Å². The van der Waals surface area contributed by atoms with Crippen molar-refractivity contribution < 1.29 is 0 Å². The van der Waals surface area contributed by atoms with Gasteiger partial charge in [0.15, 0.2) is 0 Å². The van der Waals surface area contributed by atoms with Crippen LogP contribution >= 0.6 is 0 Å². The van der Waals surface area contributed by atoms with Crippen molar-refractivity contribution in [2.45, 2.75) is 52.6 Å². The van der Waals surface area contributed by atoms with Crippen LogP contribution in [-0.4, -0.2) is 19.6 Å². The van der Waals surface area contributed by atoms with Crippen LogP contribution in [0.5, 0.6) is 0 Å². The van der Waals surface area contributed by atoms with Crippen molar-refractivity contribution in [3.63, 3.8) is 0 Å². The van der Waals surface area contributed by atoms with Gasteiger partial charge in [0, 0.05) is 24.3 Å². The normalized spacial score (nSPS) is 14.3. The van der Waals surface area contributed by atoms with Gasteiger partial charge in [0.1, 0.15) is 0 Å². The third-order valence-electron chi connectivity index (χ3n) is 3.85. The fourth-order valence-corrected chi connectivity index (χ4v) is 2.47. The fourth-order valence-electron chi connectivity index (χ4n) is 2.47. The molecule has 0 saturated carbocycles. The van der Waals surface area contributed by atoms with E-state index in [0.717, 1.165) is 13.0 Å². The van der Waals surface area contributed by atoms with Gasteiger partial charge in [-0.15, -0.1) is 0 Å². The number of hydrogen-bond acceptors (Lipinski definition) is 2. The molecule has 2 unspecified atom stereocenters. The summed E-state index contributed by atoms with van der Waals surface area (Å²) in [5.41, 5.74) is 2.71. The predicted molar refractivity (Wildman–Crippen MR) is 81.3 cm³/mol. The molecule has 0 saturated heterocycles. The zero-order valence-electron chi connectivity index (χ0n) is 12.5. The minimum atomic E-state index is 0.470. The Morgan fingerprint density at radius 3 is 2.06 bits per heavy atom. The Morgan fingerprint density at radius 1 is 1.06 bits per heavy atom. The van der Waals surface area contributed by atoms with E-state index in [1.54, 1.807) is 0 Å². The van der Waals surface area contributed by atoms with Gasteiger partial charge in [-0.05, 0) is 51.4 Å². The minimum Gasteiger partial charge on any atom is -0.369 e. The summed E-state index contributed by atoms with van der Waals surface area (Å²) < 4.78 is 0. The number of benzene rings is 1. The molecular weight excluding hydrogens is 220 g/mol. The molecule has 0 aliphatic carbocycles. The van der Waals surface area contributed by atoms with Crippen molar-refractivity contribution in [2.75, 3.05) is 18.5 Å². The summed E-state index contributed by atoms with van der Waals surface area (Å²) in [6.45, 7) is 10.0. The Hall–Kier alpha value is -1.02. The number of nitrogens with zero attached hydrogens (tertiary/aromatic N) is 1. The lowest BCUT2D eigenvalue weighted by Crippen LogP contribution is -2.32. The number of rotatable bonds is 7. The van der Waals surface area contributed by atoms with E-state index in [1.807, 2.05) is 7.05 Å². The van der Waals surface area contributed by atoms with Crippen LogP contribution in [0.15, 0.2) is 24.3 Å². The average molecular weight is 248 g/mol. The molecule has 0 aromatic heterocycles. The summed E-state index contributed by atoms with van der Waals surface area (Å²) in [5.74, 6) is 0. The highest BCUT2D eigenvalue weighted by Crippen LogP contribution is 2.22. The van der Waals surface area contributed by atoms with Crippen LogP contribution in [0.25, 0.3) is 0 Å². The molecule has 0 spiro atoms. The Bertz CT molecular complexity index is 327. The zero-order valence-corrected chi connectivity index (χ0v) is 12.5. The molecule has 0 aliphatic heterocycles. The van der Waals surface area contributed by atoms with Gasteiger partial charge < -0.3 is 10.2 Å². The lowest BCUT2D eigenvalue weighted by atomic mass is 10.0. The van der Waals surface area contributed by atoms with E-state index in [2.05, 4.69) is 62.2 Å². The van der Waals surface area contributed by atoms with Crippen LogP contribution in [0, 0.1) is 0 Å². The lowest BCUT2D eigenvalue weighted by molar-refractivity contribution is 0.576. The molecule has 0 bridgehead atoms. The Labute approximate surface area is 112 Å². The van der Waals surface area contributed by atoms with Crippen molar-refractivity contribution in [1.82, 2.24) is 5.32 Å². The van der Waals surface area contributed by atoms with E-state index in [9.17, 15) is 0 Å². The smallest absolute Gasteiger partial charge is 0.0368 e. The van der Waals surface area contributed by atoms with Gasteiger partial charge in [0.25, 0.3) is 0 Å². The van der Waals surface area contributed by atoms with E-state index in [0.29, 0.717) is 12.1 Å². The molecule has 0 fully saturated rings. The molecule has 1 aromatic rings. The molecule has 2 heteroatoms. The van der Waals surface area contributed by atoms with Crippen LogP contribution in [0.1, 0.15) is 52.1 Å². The second kappa shape index (κ2) is 7.42. The van der Waals surface area contributed by atoms with Crippen molar-refractivity contribution in [3.8, 4) is 0 Å². The quantitative estimate of drug-likeness (QED) is 0.785. The first kappa shape index (κ1) is 15.0. The summed E-state index contributed by atoms with van der Waals surface area (Å²) in [6.07, 6.45) is 2.31. The second-order valence-electron chi connectivity index (χ2n) is 4.88. The van der Waals surface area contributed by atoms with Crippen molar-refractivity contribution >= 4 is 5.69 Å². The van der Waals surface area contributed by atoms with Crippen molar-refractivity contribution in [2.24, 2.45) is 0 Å². The summed E-state index contributed by atoms with van der Waals surface area (Å²) in [7, 11) is 2.03. The molecule has 0 heterocycles. The Morgan fingerprint density at radius 2 is 1.67 bits per heavy atom. The molecular formula is C16H28N2. The summed E-state index contributed by atoms with van der Waals surface area (Å²) >= 11 is 0. The van der Waals surface area contributed by atoms with Gasteiger partial charge >= 0.3 is 0 Å². The lowest BCUT2D eigenvalue weighted by Gasteiger charge is -2.30. The molecule has 2 nitrogen and oxygen atoms in total. The third kappa shape index (κ3) is 3.49. The van der Waals surface area contributed by atoms with Crippen LogP contribution in [0.3, 0.4) is 0 Å². The summed E-state index contributed by atoms with van der Waals surface area (Å²) in [5, 5.41) is 3.35. The highest BCUT2D eigenvalue weighted by molar-refractivity contribution is 5.48. The Balaban J connectivity index is 2.86. The first-order chi connectivity index (χ1) is 8.67. The van der Waals surface area contributed by atoms with E-state index >= 15 is 0 Å². The highest BCUT2D eigenvalue weighted by Gasteiger charge is 2.12. The third-order valence-corrected chi connectivity index (χ3v) is 3.85. The van der Waals surface area contributed by atoms with Gasteiger partial charge in [-0.3, -0.25) is 0 Å². The topological polar surface area (TPSA) is 15.3 Å². The first-order valence-corrected chi connectivity index (χ1v) is 7.21. The maximum absolute atomic E-state index is 3.35. The molecule has 2 atom stereocenters. The number of anilines is 1. The molecule has 1 aromatic carbocycles. The van der Waals surface area contributed by atoms with E-state index in [1.165, 1.54) is 17.7 Å². The predicted octanol–water partition coefficient (Wildman–Crippen LogP) is 3.98. The first-order valence-electron chi connectivity index (χ1n) is 7.21. The second-order valence-corrected chi connectivity index (χ2v) is 4.88. The number of hydrogen-bond donors (Lipinski definition) is 1. The fraction of sp³-hybridized carbons (Fsp3) is 0.625. The van der Waals surface area contributed by atoms with E-state index < -0.39 is 0 Å². The molecule has 18 heavy (non-hydrogen) atoms. The molecule has 1 N–H and O–H groups in total. The molecule has 1 rings (SSSR count). The molecule has 102 valence electrons. The van der Waals surface area contributed by atoms with Gasteiger partial charge in [0.2, 0.25) is 0 Å². The van der Waals surface area contributed by atoms with Gasteiger partial charge in [-0.1, -0.05) is 26.0 Å². The average Bonchev–Trinajstić information content (AvgIpc) is 2.42. The molecule has 0 amide bonds. The van der Waals surface area contributed by atoms with E-state index in [-0.39, 0.29) is 0 Å². The van der Waals surface area contributed by atoms with Crippen LogP contribution in [0.2, 0.25) is 0 Å². The maximum Gasteiger partial charge on any atom is 0.0368 e. The summed E-state index contributed by atoms with van der Waals surface area (Å²) in [4.78, 5) is 2.46. The van der Waals surface area contributed by atoms with Crippen LogP contribution in [-0.2, 0) is 0 Å². The van der Waals surface area contributed by atoms with E-state index in [4.69, 9.17) is 0 Å². The van der Waals surface area contributed by atoms with Gasteiger partial charge in [0.05, 0.1) is 0 Å². The summed E-state index contributed by atoms with van der Waals surface area (Å²) in [6, 6.07) is 10.1. The largest absolute Gasteiger partial charge is 0.369 e. The highest BCUT2D eigenvalue weighted by atomic mass is 15.1. The van der Waals surface area contributed by atoms with Gasteiger partial charge in [-0.2, -0.15) is 0 Å². The van der Waals surface area contributed by atoms with Crippen molar-refractivity contribution in [1.29, 1.82) is 0 Å². The standard InChI is InChI=1S/C16H28N2/c1-6-13(4)18(8-3)15-11-9-14(10-12-15)16(7-2)17-5/h9-13,16-17H,6-8H2,1-5H3. The monoisotopic (exact) mass is 248 g/mol. The molecule has 0 radical (unpaired) electrons. The SMILES string of the molecule is CCC(NC)c1ccc(N(CC)C(C)CC)cc1. The molecule has 0 aliphatic rings. The number of nitrogens with one attached hydrogen (secondary N) is 1. The van der Waals surface area contributed by atoms with Crippen LogP contribution < -0.4 is 10.2 Å². The zero-order chi connectivity index (χ0) is 13.5. The Kier molecular flexibility index (Phi) is 6.20. The minimum absolute atomic E-state index is 0.470. The van der Waals surface area contributed by atoms with Crippen LogP contribution in [0.4, 0.5) is 5.69 Å². The maximum atomic E-state index is 3.35.